The number of esters is 1. The number of cyclic esters (lactones) is 1. The molecule has 2 nitrogen and oxygen atoms in total. The summed E-state index contributed by atoms with van der Waals surface area (Å²) in [6, 6.07) is 0. The number of hydrogen-bond acceptors (Lipinski definition) is 2. The van der Waals surface area contributed by atoms with E-state index >= 15 is 0 Å². The molecule has 1 heterocycles. The van der Waals surface area contributed by atoms with Gasteiger partial charge < -0.3 is 4.74 Å². The van der Waals surface area contributed by atoms with Crippen molar-refractivity contribution in [3.05, 3.63) is 0 Å². The zero-order chi connectivity index (χ0) is 8.72. The molecular formula is C10H16O2. The first-order chi connectivity index (χ1) is 5.70. The van der Waals surface area contributed by atoms with Gasteiger partial charge in [-0.1, -0.05) is 13.8 Å². The second-order valence-corrected chi connectivity index (χ2v) is 4.35. The first-order valence-corrected chi connectivity index (χ1v) is 4.87. The Morgan fingerprint density at radius 1 is 1.25 bits per heavy atom. The maximum atomic E-state index is 11.4. The van der Waals surface area contributed by atoms with Crippen LogP contribution in [0, 0.1) is 23.7 Å². The number of carbonyl (C=O) groups is 1. The number of hydrogen-bond donors (Lipinski definition) is 0. The largest absolute Gasteiger partial charge is 0.465 e. The van der Waals surface area contributed by atoms with Crippen molar-refractivity contribution in [1.82, 2.24) is 0 Å². The smallest absolute Gasteiger partial charge is 0.309 e. The molecule has 0 aromatic carbocycles. The molecule has 0 spiro atoms. The van der Waals surface area contributed by atoms with Gasteiger partial charge in [-0.2, -0.15) is 0 Å². The Hall–Kier alpha value is -0.530. The lowest BCUT2D eigenvalue weighted by Crippen LogP contribution is -2.37. The normalized spacial score (nSPS) is 47.0. The van der Waals surface area contributed by atoms with Gasteiger partial charge in [0.2, 0.25) is 0 Å². The Labute approximate surface area is 73.3 Å². The molecule has 1 saturated heterocycles. The van der Waals surface area contributed by atoms with Crippen molar-refractivity contribution in [3.8, 4) is 0 Å². The molecule has 1 saturated carbocycles. The molecule has 0 amide bonds. The lowest BCUT2D eigenvalue weighted by molar-refractivity contribution is -0.160. The predicted octanol–water partition coefficient (Wildman–Crippen LogP) is 1.84. The van der Waals surface area contributed by atoms with Crippen molar-refractivity contribution in [2.45, 2.75) is 26.7 Å². The molecule has 68 valence electrons. The third-order valence-electron chi connectivity index (χ3n) is 3.52. The molecule has 0 radical (unpaired) electrons. The highest BCUT2D eigenvalue weighted by atomic mass is 16.5. The molecule has 1 aliphatic heterocycles. The minimum Gasteiger partial charge on any atom is -0.465 e. The summed E-state index contributed by atoms with van der Waals surface area (Å²) in [5.41, 5.74) is 0. The van der Waals surface area contributed by atoms with Gasteiger partial charge in [-0.25, -0.2) is 0 Å². The molecule has 0 aromatic rings. The van der Waals surface area contributed by atoms with Crippen molar-refractivity contribution < 1.29 is 9.53 Å². The zero-order valence-electron chi connectivity index (χ0n) is 7.75. The summed E-state index contributed by atoms with van der Waals surface area (Å²) in [7, 11) is 0. The molecule has 4 atom stereocenters. The zero-order valence-corrected chi connectivity index (χ0v) is 7.75. The Balaban J connectivity index is 2.18. The van der Waals surface area contributed by atoms with Crippen LogP contribution in [-0.2, 0) is 9.53 Å². The third-order valence-corrected chi connectivity index (χ3v) is 3.52. The van der Waals surface area contributed by atoms with E-state index in [1.165, 1.54) is 12.8 Å². The average molecular weight is 168 g/mol. The molecule has 0 bridgehead atoms. The van der Waals surface area contributed by atoms with Crippen molar-refractivity contribution >= 4 is 5.97 Å². The van der Waals surface area contributed by atoms with Gasteiger partial charge in [0.05, 0.1) is 12.5 Å². The van der Waals surface area contributed by atoms with Crippen molar-refractivity contribution in [2.24, 2.45) is 23.7 Å². The lowest BCUT2D eigenvalue weighted by atomic mass is 9.81. The van der Waals surface area contributed by atoms with Crippen LogP contribution in [0.2, 0.25) is 0 Å². The van der Waals surface area contributed by atoms with Gasteiger partial charge in [-0.05, 0) is 30.6 Å². The predicted molar refractivity (Wildman–Crippen MR) is 45.5 cm³/mol. The summed E-state index contributed by atoms with van der Waals surface area (Å²) in [6.07, 6.45) is 2.43. The Morgan fingerprint density at radius 2 is 2.00 bits per heavy atom. The summed E-state index contributed by atoms with van der Waals surface area (Å²) in [6.45, 7) is 5.01. The van der Waals surface area contributed by atoms with E-state index in [0.29, 0.717) is 24.4 Å². The van der Waals surface area contributed by atoms with Crippen LogP contribution in [0.15, 0.2) is 0 Å². The summed E-state index contributed by atoms with van der Waals surface area (Å²) in [4.78, 5) is 11.4. The average Bonchev–Trinajstić information content (AvgIpc) is 2.42. The minimum absolute atomic E-state index is 0.0584. The van der Waals surface area contributed by atoms with Gasteiger partial charge in [-0.3, -0.25) is 4.79 Å². The highest BCUT2D eigenvalue weighted by molar-refractivity contribution is 5.74. The van der Waals surface area contributed by atoms with Crippen LogP contribution in [0.25, 0.3) is 0 Å². The van der Waals surface area contributed by atoms with E-state index in [9.17, 15) is 4.79 Å². The highest BCUT2D eigenvalue weighted by Crippen LogP contribution is 2.44. The van der Waals surface area contributed by atoms with Gasteiger partial charge in [0, 0.05) is 0 Å². The highest BCUT2D eigenvalue weighted by Gasteiger charge is 2.45. The van der Waals surface area contributed by atoms with Crippen LogP contribution in [0.4, 0.5) is 0 Å². The van der Waals surface area contributed by atoms with E-state index in [1.807, 2.05) is 0 Å². The number of carbonyl (C=O) groups excluding carboxylic acids is 1. The van der Waals surface area contributed by atoms with Gasteiger partial charge in [-0.15, -0.1) is 0 Å². The number of rotatable bonds is 0. The third kappa shape index (κ3) is 1.05. The van der Waals surface area contributed by atoms with Gasteiger partial charge in [0.25, 0.3) is 0 Å². The fourth-order valence-corrected chi connectivity index (χ4v) is 2.72. The minimum atomic E-state index is 0.0584. The van der Waals surface area contributed by atoms with Crippen LogP contribution in [0.1, 0.15) is 26.7 Å². The topological polar surface area (TPSA) is 26.3 Å². The number of fused-ring (bicyclic) bond motifs is 1. The second-order valence-electron chi connectivity index (χ2n) is 4.35. The molecule has 0 aromatic heterocycles. The fraction of sp³-hybridized carbons (Fsp3) is 0.900. The lowest BCUT2D eigenvalue weighted by Gasteiger charge is -2.31. The van der Waals surface area contributed by atoms with E-state index in [4.69, 9.17) is 4.74 Å². The van der Waals surface area contributed by atoms with E-state index in [0.717, 1.165) is 0 Å². The van der Waals surface area contributed by atoms with Crippen LogP contribution >= 0.6 is 0 Å². The molecule has 12 heavy (non-hydrogen) atoms. The van der Waals surface area contributed by atoms with Crippen molar-refractivity contribution in [1.29, 1.82) is 0 Å². The molecule has 2 fully saturated rings. The first-order valence-electron chi connectivity index (χ1n) is 4.87. The molecule has 1 unspecified atom stereocenters. The van der Waals surface area contributed by atoms with Crippen molar-refractivity contribution in [3.63, 3.8) is 0 Å². The van der Waals surface area contributed by atoms with Gasteiger partial charge in [0.15, 0.2) is 0 Å². The second kappa shape index (κ2) is 2.75. The van der Waals surface area contributed by atoms with Crippen molar-refractivity contribution in [2.75, 3.05) is 6.61 Å². The Morgan fingerprint density at radius 3 is 2.67 bits per heavy atom. The monoisotopic (exact) mass is 168 g/mol. The molecule has 1 aliphatic carbocycles. The molecule has 2 rings (SSSR count). The van der Waals surface area contributed by atoms with Crippen LogP contribution in [0.5, 0.6) is 0 Å². The van der Waals surface area contributed by atoms with Crippen LogP contribution < -0.4 is 0 Å². The maximum absolute atomic E-state index is 11.4. The summed E-state index contributed by atoms with van der Waals surface area (Å²) < 4.78 is 5.14. The summed E-state index contributed by atoms with van der Waals surface area (Å²) in [5, 5.41) is 0. The van der Waals surface area contributed by atoms with E-state index in [-0.39, 0.29) is 11.9 Å². The van der Waals surface area contributed by atoms with Crippen LogP contribution in [-0.4, -0.2) is 12.6 Å². The van der Waals surface area contributed by atoms with E-state index < -0.39 is 0 Å². The first kappa shape index (κ1) is 8.09. The summed E-state index contributed by atoms with van der Waals surface area (Å²) in [5.74, 6) is 2.01. The Bertz CT molecular complexity index is 200. The van der Waals surface area contributed by atoms with E-state index in [2.05, 4.69) is 13.8 Å². The standard InChI is InChI=1S/C10H16O2/c1-6-3-4-8-7(2)5-12-10(11)9(6)8/h6-9H,3-5H2,1-2H3/t6-,7+,8-,9?/m0/s1. The summed E-state index contributed by atoms with van der Waals surface area (Å²) >= 11 is 0. The Kier molecular flexibility index (Phi) is 1.85. The molecule has 0 N–H and O–H groups in total. The van der Waals surface area contributed by atoms with E-state index in [1.54, 1.807) is 0 Å². The maximum Gasteiger partial charge on any atom is 0.309 e. The molecule has 2 heteroatoms. The van der Waals surface area contributed by atoms with Gasteiger partial charge >= 0.3 is 5.97 Å². The van der Waals surface area contributed by atoms with Gasteiger partial charge in [0.1, 0.15) is 0 Å². The van der Waals surface area contributed by atoms with Crippen LogP contribution in [0.3, 0.4) is 0 Å². The molecule has 2 aliphatic rings. The fourth-order valence-electron chi connectivity index (χ4n) is 2.72. The SMILES string of the molecule is C[C@@H]1COC(=O)C2[C@H]1CC[C@@H]2C. The molecular weight excluding hydrogens is 152 g/mol. The quantitative estimate of drug-likeness (QED) is 0.516. The number of ether oxygens (including phenoxy) is 1.